The monoisotopic (exact) mass is 303 g/mol. The lowest BCUT2D eigenvalue weighted by Crippen LogP contribution is -2.56. The van der Waals surface area contributed by atoms with Gasteiger partial charge in [0.1, 0.15) is 6.54 Å². The molecule has 0 amide bonds. The van der Waals surface area contributed by atoms with E-state index in [9.17, 15) is 21.6 Å². The Kier molecular flexibility index (Phi) is 5.60. The Morgan fingerprint density at radius 2 is 2.00 bits per heavy atom. The minimum absolute atomic E-state index is 0.109. The number of halogens is 3. The molecule has 1 aliphatic heterocycles. The molecule has 0 radical (unpaired) electrons. The van der Waals surface area contributed by atoms with Gasteiger partial charge in [-0.05, 0) is 26.8 Å². The van der Waals surface area contributed by atoms with Gasteiger partial charge in [0, 0.05) is 18.6 Å². The maximum atomic E-state index is 12.1. The summed E-state index contributed by atoms with van der Waals surface area (Å²) in [6.45, 7) is 0.540. The van der Waals surface area contributed by atoms with Crippen LogP contribution in [-0.2, 0) is 10.2 Å². The molecule has 0 saturated carbocycles. The number of nitrogens with zero attached hydrogens (tertiary/aromatic N) is 1. The van der Waals surface area contributed by atoms with Crippen molar-refractivity contribution in [2.24, 2.45) is 0 Å². The second-order valence-corrected chi connectivity index (χ2v) is 6.40. The number of piperidine rings is 1. The molecule has 114 valence electrons. The molecule has 0 bridgehead atoms. The van der Waals surface area contributed by atoms with Crippen LogP contribution in [0.5, 0.6) is 0 Å². The number of hydrogen-bond donors (Lipinski definition) is 2. The van der Waals surface area contributed by atoms with Gasteiger partial charge in [-0.15, -0.1) is 0 Å². The van der Waals surface area contributed by atoms with E-state index in [0.717, 1.165) is 10.7 Å². The summed E-state index contributed by atoms with van der Waals surface area (Å²) in [6.07, 6.45) is -2.36. The van der Waals surface area contributed by atoms with Crippen LogP contribution >= 0.6 is 0 Å². The molecule has 0 aromatic rings. The van der Waals surface area contributed by atoms with Crippen LogP contribution < -0.4 is 10.0 Å². The quantitative estimate of drug-likeness (QED) is 0.791. The van der Waals surface area contributed by atoms with Crippen LogP contribution in [0.3, 0.4) is 0 Å². The van der Waals surface area contributed by atoms with Crippen LogP contribution in [0.2, 0.25) is 0 Å². The van der Waals surface area contributed by atoms with Crippen LogP contribution in [0.15, 0.2) is 0 Å². The molecule has 5 nitrogen and oxygen atoms in total. The smallest absolute Gasteiger partial charge is 0.316 e. The van der Waals surface area contributed by atoms with Crippen molar-refractivity contribution >= 4 is 10.2 Å². The molecule has 0 aromatic heterocycles. The maximum Gasteiger partial charge on any atom is 0.402 e. The van der Waals surface area contributed by atoms with Gasteiger partial charge in [-0.1, -0.05) is 6.42 Å². The Morgan fingerprint density at radius 3 is 2.53 bits per heavy atom. The zero-order chi connectivity index (χ0) is 14.7. The highest BCUT2D eigenvalue weighted by molar-refractivity contribution is 7.87. The third kappa shape index (κ3) is 4.90. The van der Waals surface area contributed by atoms with Gasteiger partial charge in [0.15, 0.2) is 0 Å². The van der Waals surface area contributed by atoms with Crippen LogP contribution in [0, 0.1) is 0 Å². The Bertz CT molecular complexity index is 386. The molecule has 19 heavy (non-hydrogen) atoms. The van der Waals surface area contributed by atoms with E-state index in [-0.39, 0.29) is 18.6 Å². The second kappa shape index (κ2) is 6.38. The van der Waals surface area contributed by atoms with Gasteiger partial charge in [0.2, 0.25) is 0 Å². The number of alkyl halides is 3. The highest BCUT2D eigenvalue weighted by atomic mass is 32.2. The molecule has 1 heterocycles. The Labute approximate surface area is 111 Å². The summed E-state index contributed by atoms with van der Waals surface area (Å²) in [5.41, 5.74) is 0. The first-order valence-corrected chi connectivity index (χ1v) is 7.62. The molecule has 1 aliphatic rings. The molecular weight excluding hydrogens is 283 g/mol. The second-order valence-electron chi connectivity index (χ2n) is 4.69. The molecule has 2 unspecified atom stereocenters. The number of rotatable bonds is 5. The molecule has 0 aromatic carbocycles. The maximum absolute atomic E-state index is 12.1. The van der Waals surface area contributed by atoms with E-state index in [0.29, 0.717) is 12.8 Å². The van der Waals surface area contributed by atoms with Crippen molar-refractivity contribution in [1.82, 2.24) is 14.3 Å². The fourth-order valence-corrected chi connectivity index (χ4v) is 3.70. The zero-order valence-electron chi connectivity index (χ0n) is 11.0. The first-order chi connectivity index (χ1) is 8.67. The van der Waals surface area contributed by atoms with Gasteiger partial charge in [-0.3, -0.25) is 0 Å². The largest absolute Gasteiger partial charge is 0.402 e. The van der Waals surface area contributed by atoms with Gasteiger partial charge in [0.05, 0.1) is 0 Å². The van der Waals surface area contributed by atoms with Crippen molar-refractivity contribution in [3.63, 3.8) is 0 Å². The molecule has 1 fully saturated rings. The van der Waals surface area contributed by atoms with E-state index in [4.69, 9.17) is 0 Å². The van der Waals surface area contributed by atoms with Crippen molar-refractivity contribution in [1.29, 1.82) is 0 Å². The fraction of sp³-hybridized carbons (Fsp3) is 1.00. The summed E-state index contributed by atoms with van der Waals surface area (Å²) in [4.78, 5) is 0. The fourth-order valence-electron chi connectivity index (χ4n) is 2.18. The van der Waals surface area contributed by atoms with Crippen molar-refractivity contribution in [2.45, 2.75) is 44.4 Å². The summed E-state index contributed by atoms with van der Waals surface area (Å²) < 4.78 is 63.0. The van der Waals surface area contributed by atoms with Crippen LogP contribution in [0.1, 0.15) is 26.2 Å². The normalized spacial score (nSPS) is 24.4. The Morgan fingerprint density at radius 1 is 1.37 bits per heavy atom. The first-order valence-electron chi connectivity index (χ1n) is 6.18. The summed E-state index contributed by atoms with van der Waals surface area (Å²) in [5, 5.41) is 2.95. The molecular formula is C10H20F3N3O2S. The summed E-state index contributed by atoms with van der Waals surface area (Å²) in [5.74, 6) is 0. The molecule has 0 spiro atoms. The van der Waals surface area contributed by atoms with Gasteiger partial charge in [-0.2, -0.15) is 30.6 Å². The van der Waals surface area contributed by atoms with Crippen LogP contribution in [0.25, 0.3) is 0 Å². The average Bonchev–Trinajstić information content (AvgIpc) is 2.35. The van der Waals surface area contributed by atoms with E-state index in [2.05, 4.69) is 5.32 Å². The lowest BCUT2D eigenvalue weighted by Gasteiger charge is -2.38. The summed E-state index contributed by atoms with van der Waals surface area (Å²) >= 11 is 0. The lowest BCUT2D eigenvalue weighted by molar-refractivity contribution is -0.121. The van der Waals surface area contributed by atoms with Crippen molar-refractivity contribution in [3.05, 3.63) is 0 Å². The third-order valence-corrected chi connectivity index (χ3v) is 4.87. The summed E-state index contributed by atoms with van der Waals surface area (Å²) in [6, 6.07) is -0.424. The van der Waals surface area contributed by atoms with Gasteiger partial charge in [-0.25, -0.2) is 0 Å². The highest BCUT2D eigenvalue weighted by Crippen LogP contribution is 2.23. The van der Waals surface area contributed by atoms with E-state index in [1.54, 1.807) is 11.8 Å². The average molecular weight is 303 g/mol. The Hall–Kier alpha value is -0.380. The van der Waals surface area contributed by atoms with Crippen molar-refractivity contribution in [2.75, 3.05) is 20.1 Å². The number of likely N-dealkylation sites (N-methyl/N-ethyl adjacent to an activating group) is 1. The SMILES string of the molecule is CNC(C)C1CCCCN1S(=O)(=O)NCC(F)(F)F. The molecule has 0 aliphatic carbocycles. The number of nitrogens with one attached hydrogen (secondary N) is 2. The minimum atomic E-state index is -4.55. The van der Waals surface area contributed by atoms with E-state index in [1.807, 2.05) is 6.92 Å². The minimum Gasteiger partial charge on any atom is -0.316 e. The molecule has 2 atom stereocenters. The van der Waals surface area contributed by atoms with E-state index >= 15 is 0 Å². The van der Waals surface area contributed by atoms with Crippen molar-refractivity contribution in [3.8, 4) is 0 Å². The van der Waals surface area contributed by atoms with E-state index in [1.165, 1.54) is 0 Å². The zero-order valence-corrected chi connectivity index (χ0v) is 11.8. The van der Waals surface area contributed by atoms with Crippen molar-refractivity contribution < 1.29 is 21.6 Å². The first kappa shape index (κ1) is 16.7. The highest BCUT2D eigenvalue weighted by Gasteiger charge is 2.37. The van der Waals surface area contributed by atoms with Gasteiger partial charge in [0.25, 0.3) is 10.2 Å². The molecule has 1 saturated heterocycles. The molecule has 9 heteroatoms. The van der Waals surface area contributed by atoms with E-state index < -0.39 is 22.9 Å². The van der Waals surface area contributed by atoms with Crippen LogP contribution in [0.4, 0.5) is 13.2 Å². The predicted molar refractivity (Wildman–Crippen MR) is 65.8 cm³/mol. The molecule has 1 rings (SSSR count). The van der Waals surface area contributed by atoms with Crippen LogP contribution in [-0.4, -0.2) is 51.1 Å². The Balaban J connectivity index is 2.78. The standard InChI is InChI=1S/C10H20F3N3O2S/c1-8(14-2)9-5-3-4-6-16(9)19(17,18)15-7-10(11,12)13/h8-9,14-15H,3-7H2,1-2H3. The van der Waals surface area contributed by atoms with Gasteiger partial charge < -0.3 is 5.32 Å². The van der Waals surface area contributed by atoms with Gasteiger partial charge >= 0.3 is 6.18 Å². The summed E-state index contributed by atoms with van der Waals surface area (Å²) in [7, 11) is -2.40. The topological polar surface area (TPSA) is 61.4 Å². The predicted octanol–water partition coefficient (Wildman–Crippen LogP) is 0.845. The lowest BCUT2D eigenvalue weighted by atomic mass is 9.99. The molecule has 2 N–H and O–H groups in total. The third-order valence-electron chi connectivity index (χ3n) is 3.29. The number of hydrogen-bond acceptors (Lipinski definition) is 3.